The van der Waals surface area contributed by atoms with Crippen LogP contribution in [0.3, 0.4) is 0 Å². The maximum atomic E-state index is 11.2. The van der Waals surface area contributed by atoms with Gasteiger partial charge in [-0.15, -0.1) is 0 Å². The zero-order valence-electron chi connectivity index (χ0n) is 10.8. The number of benzene rings is 1. The Morgan fingerprint density at radius 1 is 1.35 bits per heavy atom. The summed E-state index contributed by atoms with van der Waals surface area (Å²) in [6.45, 7) is 5.93. The van der Waals surface area contributed by atoms with Gasteiger partial charge in [-0.05, 0) is 51.6 Å². The number of nitrogens with zero attached hydrogens (tertiary/aromatic N) is 1. The number of carbonyl (C=O) groups excluding carboxylic acids is 1. The highest BCUT2D eigenvalue weighted by Crippen LogP contribution is 2.26. The van der Waals surface area contributed by atoms with Crippen LogP contribution in [0, 0.1) is 0 Å². The summed E-state index contributed by atoms with van der Waals surface area (Å²) in [5.41, 5.74) is 2.19. The molecule has 1 aliphatic heterocycles. The van der Waals surface area contributed by atoms with Gasteiger partial charge in [-0.2, -0.15) is 0 Å². The van der Waals surface area contributed by atoms with Gasteiger partial charge in [0.05, 0.1) is 0 Å². The van der Waals surface area contributed by atoms with E-state index in [2.05, 4.69) is 17.1 Å². The first kappa shape index (κ1) is 12.1. The van der Waals surface area contributed by atoms with Crippen molar-refractivity contribution in [1.29, 1.82) is 0 Å². The Bertz CT molecular complexity index is 413. The zero-order chi connectivity index (χ0) is 12.5. The smallest absolute Gasteiger partial charge is 0.159 e. The van der Waals surface area contributed by atoms with Gasteiger partial charge in [0.1, 0.15) is 0 Å². The van der Waals surface area contributed by atoms with Crippen molar-refractivity contribution in [2.24, 2.45) is 0 Å². The highest BCUT2D eigenvalue weighted by atomic mass is 16.1. The topological polar surface area (TPSA) is 32.3 Å². The number of hydrogen-bond acceptors (Lipinski definition) is 3. The minimum atomic E-state index is 0.123. The molecule has 0 bridgehead atoms. The maximum absolute atomic E-state index is 11.2. The van der Waals surface area contributed by atoms with E-state index < -0.39 is 0 Å². The lowest BCUT2D eigenvalue weighted by Gasteiger charge is -2.25. The summed E-state index contributed by atoms with van der Waals surface area (Å²) in [6, 6.07) is 7.90. The molecule has 0 radical (unpaired) electrons. The molecule has 0 amide bonds. The monoisotopic (exact) mass is 232 g/mol. The van der Waals surface area contributed by atoms with Gasteiger partial charge >= 0.3 is 0 Å². The van der Waals surface area contributed by atoms with E-state index in [4.69, 9.17) is 0 Å². The summed E-state index contributed by atoms with van der Waals surface area (Å²) in [5, 5.41) is 3.37. The van der Waals surface area contributed by atoms with Crippen LogP contribution in [-0.2, 0) is 0 Å². The van der Waals surface area contributed by atoms with Crippen LogP contribution in [0.25, 0.3) is 0 Å². The molecule has 0 aliphatic carbocycles. The largest absolute Gasteiger partial charge is 0.370 e. The maximum Gasteiger partial charge on any atom is 0.159 e. The highest BCUT2D eigenvalue weighted by Gasteiger charge is 2.32. The molecule has 1 atom stereocenters. The van der Waals surface area contributed by atoms with Gasteiger partial charge < -0.3 is 10.2 Å². The van der Waals surface area contributed by atoms with Crippen molar-refractivity contribution in [3.63, 3.8) is 0 Å². The van der Waals surface area contributed by atoms with E-state index in [0.717, 1.165) is 25.1 Å². The lowest BCUT2D eigenvalue weighted by molar-refractivity contribution is 0.101. The molecule has 1 aromatic carbocycles. The first-order valence-electron chi connectivity index (χ1n) is 6.09. The summed E-state index contributed by atoms with van der Waals surface area (Å²) >= 11 is 0. The minimum Gasteiger partial charge on any atom is -0.370 e. The van der Waals surface area contributed by atoms with Gasteiger partial charge in [0.2, 0.25) is 0 Å². The SMILES string of the molecule is CNC1(C)CCN(c2ccc(C(C)=O)cc2)C1. The molecule has 17 heavy (non-hydrogen) atoms. The lowest BCUT2D eigenvalue weighted by Crippen LogP contribution is -2.42. The van der Waals surface area contributed by atoms with E-state index in [1.807, 2.05) is 31.3 Å². The average Bonchev–Trinajstić information content (AvgIpc) is 2.73. The summed E-state index contributed by atoms with van der Waals surface area (Å²) in [6.07, 6.45) is 1.15. The van der Waals surface area contributed by atoms with E-state index in [-0.39, 0.29) is 11.3 Å². The van der Waals surface area contributed by atoms with Crippen molar-refractivity contribution in [2.45, 2.75) is 25.8 Å². The molecule has 0 saturated carbocycles. The summed E-state index contributed by atoms with van der Waals surface area (Å²) < 4.78 is 0. The Labute approximate surface area is 103 Å². The molecule has 1 aromatic rings. The van der Waals surface area contributed by atoms with Crippen molar-refractivity contribution >= 4 is 11.5 Å². The number of rotatable bonds is 3. The third-order valence-corrected chi connectivity index (χ3v) is 3.72. The number of hydrogen-bond donors (Lipinski definition) is 1. The molecule has 3 nitrogen and oxygen atoms in total. The molecule has 1 saturated heterocycles. The van der Waals surface area contributed by atoms with Crippen molar-refractivity contribution in [3.8, 4) is 0 Å². The van der Waals surface area contributed by atoms with Crippen molar-refractivity contribution < 1.29 is 4.79 Å². The zero-order valence-corrected chi connectivity index (χ0v) is 10.8. The minimum absolute atomic E-state index is 0.123. The number of likely N-dealkylation sites (N-methyl/N-ethyl adjacent to an activating group) is 1. The average molecular weight is 232 g/mol. The predicted octanol–water partition coefficient (Wildman–Crippen LogP) is 2.08. The van der Waals surface area contributed by atoms with Crippen LogP contribution in [0.15, 0.2) is 24.3 Å². The Morgan fingerprint density at radius 2 is 2.00 bits per heavy atom. The summed E-state index contributed by atoms with van der Waals surface area (Å²) in [7, 11) is 2.02. The molecule has 1 heterocycles. The Kier molecular flexibility index (Phi) is 3.20. The van der Waals surface area contributed by atoms with E-state index >= 15 is 0 Å². The lowest BCUT2D eigenvalue weighted by atomic mass is 10.0. The Balaban J connectivity index is 2.12. The van der Waals surface area contributed by atoms with Crippen LogP contribution in [0.2, 0.25) is 0 Å². The van der Waals surface area contributed by atoms with Crippen LogP contribution in [0.4, 0.5) is 5.69 Å². The molecule has 1 N–H and O–H groups in total. The van der Waals surface area contributed by atoms with Crippen molar-refractivity contribution in [2.75, 3.05) is 25.0 Å². The fourth-order valence-electron chi connectivity index (χ4n) is 2.29. The third-order valence-electron chi connectivity index (χ3n) is 3.72. The second-order valence-electron chi connectivity index (χ2n) is 5.09. The summed E-state index contributed by atoms with van der Waals surface area (Å²) in [5.74, 6) is 0.123. The molecule has 1 fully saturated rings. The molecule has 3 heteroatoms. The molecular weight excluding hydrogens is 212 g/mol. The van der Waals surface area contributed by atoms with Gasteiger partial charge in [-0.1, -0.05) is 0 Å². The second-order valence-corrected chi connectivity index (χ2v) is 5.09. The van der Waals surface area contributed by atoms with Crippen LogP contribution in [0.1, 0.15) is 30.6 Å². The number of anilines is 1. The fraction of sp³-hybridized carbons (Fsp3) is 0.500. The quantitative estimate of drug-likeness (QED) is 0.810. The van der Waals surface area contributed by atoms with Crippen molar-refractivity contribution in [1.82, 2.24) is 5.32 Å². The molecule has 0 aromatic heterocycles. The highest BCUT2D eigenvalue weighted by molar-refractivity contribution is 5.94. The Morgan fingerprint density at radius 3 is 2.47 bits per heavy atom. The molecular formula is C14H20N2O. The van der Waals surface area contributed by atoms with Gasteiger partial charge in [0.15, 0.2) is 5.78 Å². The molecule has 0 spiro atoms. The molecule has 2 rings (SSSR count). The van der Waals surface area contributed by atoms with Gasteiger partial charge in [0, 0.05) is 29.9 Å². The standard InChI is InChI=1S/C14H20N2O/c1-11(17)12-4-6-13(7-5-12)16-9-8-14(2,10-16)15-3/h4-7,15H,8-10H2,1-3H3. The molecule has 92 valence electrons. The molecule has 1 aliphatic rings. The van der Waals surface area contributed by atoms with Crippen molar-refractivity contribution in [3.05, 3.63) is 29.8 Å². The van der Waals surface area contributed by atoms with Crippen LogP contribution >= 0.6 is 0 Å². The first-order valence-corrected chi connectivity index (χ1v) is 6.09. The Hall–Kier alpha value is -1.35. The number of ketones is 1. The van der Waals surface area contributed by atoms with Crippen LogP contribution < -0.4 is 10.2 Å². The predicted molar refractivity (Wildman–Crippen MR) is 70.7 cm³/mol. The second kappa shape index (κ2) is 4.49. The first-order chi connectivity index (χ1) is 8.04. The molecule has 1 unspecified atom stereocenters. The number of Topliss-reactive ketones (excluding diaryl/α,β-unsaturated/α-hetero) is 1. The number of carbonyl (C=O) groups is 1. The van der Waals surface area contributed by atoms with E-state index in [0.29, 0.717) is 0 Å². The normalized spacial score (nSPS) is 24.1. The fourth-order valence-corrected chi connectivity index (χ4v) is 2.29. The van der Waals surface area contributed by atoms with Gasteiger partial charge in [-0.3, -0.25) is 4.79 Å². The van der Waals surface area contributed by atoms with E-state index in [1.54, 1.807) is 6.92 Å². The van der Waals surface area contributed by atoms with E-state index in [1.165, 1.54) is 5.69 Å². The van der Waals surface area contributed by atoms with Crippen LogP contribution in [-0.4, -0.2) is 31.5 Å². The third kappa shape index (κ3) is 2.50. The number of nitrogens with one attached hydrogen (secondary N) is 1. The van der Waals surface area contributed by atoms with E-state index in [9.17, 15) is 4.79 Å². The van der Waals surface area contributed by atoms with Gasteiger partial charge in [-0.25, -0.2) is 0 Å². The van der Waals surface area contributed by atoms with Crippen LogP contribution in [0.5, 0.6) is 0 Å². The van der Waals surface area contributed by atoms with Gasteiger partial charge in [0.25, 0.3) is 0 Å². The summed E-state index contributed by atoms with van der Waals surface area (Å²) in [4.78, 5) is 13.6.